The summed E-state index contributed by atoms with van der Waals surface area (Å²) in [6.45, 7) is 5.32. The van der Waals surface area contributed by atoms with E-state index in [9.17, 15) is 18.4 Å². The van der Waals surface area contributed by atoms with Crippen molar-refractivity contribution in [2.24, 2.45) is 0 Å². The lowest BCUT2D eigenvalue weighted by atomic mass is 9.90. The Balaban J connectivity index is 2.01. The van der Waals surface area contributed by atoms with Gasteiger partial charge in [-0.25, -0.2) is 13.6 Å². The van der Waals surface area contributed by atoms with Crippen LogP contribution in [0.25, 0.3) is 0 Å². The Labute approximate surface area is 146 Å². The van der Waals surface area contributed by atoms with Gasteiger partial charge in [0.05, 0.1) is 6.04 Å². The first-order valence-electron chi connectivity index (χ1n) is 8.41. The van der Waals surface area contributed by atoms with Crippen LogP contribution in [0.2, 0.25) is 0 Å². The van der Waals surface area contributed by atoms with Gasteiger partial charge in [0.25, 0.3) is 5.91 Å². The summed E-state index contributed by atoms with van der Waals surface area (Å²) in [6, 6.07) is 2.46. The molecule has 0 saturated heterocycles. The van der Waals surface area contributed by atoms with Crippen molar-refractivity contribution in [3.63, 3.8) is 0 Å². The second-order valence-electron chi connectivity index (χ2n) is 7.25. The SMILES string of the molecule is CC(C)(C)OC(=O)NC1CCCCC1NC(=O)c1ccc(F)c(F)c1. The molecule has 2 rings (SSSR count). The third kappa shape index (κ3) is 5.69. The zero-order valence-corrected chi connectivity index (χ0v) is 14.7. The number of rotatable bonds is 3. The molecular weight excluding hydrogens is 330 g/mol. The predicted molar refractivity (Wildman–Crippen MR) is 89.2 cm³/mol. The van der Waals surface area contributed by atoms with Crippen LogP contribution in [-0.4, -0.2) is 29.7 Å². The molecule has 2 amide bonds. The minimum absolute atomic E-state index is 0.0421. The molecule has 7 heteroatoms. The van der Waals surface area contributed by atoms with Gasteiger partial charge in [0, 0.05) is 11.6 Å². The summed E-state index contributed by atoms with van der Waals surface area (Å²) in [6.07, 6.45) is 2.71. The highest BCUT2D eigenvalue weighted by molar-refractivity contribution is 5.94. The van der Waals surface area contributed by atoms with E-state index in [1.54, 1.807) is 20.8 Å². The number of carbonyl (C=O) groups excluding carboxylic acids is 2. The molecule has 0 aromatic heterocycles. The van der Waals surface area contributed by atoms with Crippen LogP contribution >= 0.6 is 0 Å². The second-order valence-corrected chi connectivity index (χ2v) is 7.25. The lowest BCUT2D eigenvalue weighted by molar-refractivity contribution is 0.0475. The van der Waals surface area contributed by atoms with Crippen LogP contribution in [0.1, 0.15) is 56.8 Å². The summed E-state index contributed by atoms with van der Waals surface area (Å²) in [5.41, 5.74) is -0.566. The first-order chi connectivity index (χ1) is 11.7. The van der Waals surface area contributed by atoms with Crippen molar-refractivity contribution >= 4 is 12.0 Å². The molecule has 1 aromatic carbocycles. The molecule has 1 fully saturated rings. The molecule has 5 nitrogen and oxygen atoms in total. The molecule has 2 N–H and O–H groups in total. The molecule has 0 aliphatic heterocycles. The van der Waals surface area contributed by atoms with Gasteiger partial charge in [-0.1, -0.05) is 12.8 Å². The van der Waals surface area contributed by atoms with Crippen molar-refractivity contribution in [3.8, 4) is 0 Å². The van der Waals surface area contributed by atoms with E-state index in [1.807, 2.05) is 0 Å². The summed E-state index contributed by atoms with van der Waals surface area (Å²) in [5, 5.41) is 5.59. The Morgan fingerprint density at radius 2 is 1.64 bits per heavy atom. The molecule has 2 atom stereocenters. The maximum Gasteiger partial charge on any atom is 0.407 e. The molecule has 0 heterocycles. The Hall–Kier alpha value is -2.18. The van der Waals surface area contributed by atoms with Crippen LogP contribution in [0.4, 0.5) is 13.6 Å². The molecule has 0 bridgehead atoms. The Kier molecular flexibility index (Phi) is 5.98. The van der Waals surface area contributed by atoms with Crippen molar-refractivity contribution in [3.05, 3.63) is 35.4 Å². The van der Waals surface area contributed by atoms with Crippen LogP contribution in [0.3, 0.4) is 0 Å². The van der Waals surface area contributed by atoms with E-state index >= 15 is 0 Å². The molecule has 2 unspecified atom stereocenters. The second kappa shape index (κ2) is 7.80. The van der Waals surface area contributed by atoms with E-state index in [2.05, 4.69) is 10.6 Å². The van der Waals surface area contributed by atoms with Gasteiger partial charge in [-0.2, -0.15) is 0 Å². The minimum Gasteiger partial charge on any atom is -0.444 e. The quantitative estimate of drug-likeness (QED) is 0.873. The lowest BCUT2D eigenvalue weighted by Crippen LogP contribution is -2.53. The first-order valence-corrected chi connectivity index (χ1v) is 8.41. The number of amides is 2. The van der Waals surface area contributed by atoms with Crippen molar-refractivity contribution in [2.45, 2.75) is 64.1 Å². The number of carbonyl (C=O) groups is 2. The van der Waals surface area contributed by atoms with Crippen molar-refractivity contribution in [1.82, 2.24) is 10.6 Å². The average molecular weight is 354 g/mol. The monoisotopic (exact) mass is 354 g/mol. The van der Waals surface area contributed by atoms with Gasteiger partial charge in [0.2, 0.25) is 0 Å². The van der Waals surface area contributed by atoms with Gasteiger partial charge in [-0.05, 0) is 51.8 Å². The van der Waals surface area contributed by atoms with Crippen LogP contribution < -0.4 is 10.6 Å². The van der Waals surface area contributed by atoms with E-state index in [1.165, 1.54) is 6.07 Å². The largest absolute Gasteiger partial charge is 0.444 e. The maximum absolute atomic E-state index is 13.3. The Morgan fingerprint density at radius 1 is 1.04 bits per heavy atom. The van der Waals surface area contributed by atoms with Gasteiger partial charge >= 0.3 is 6.09 Å². The molecule has 1 aliphatic rings. The highest BCUT2D eigenvalue weighted by atomic mass is 19.2. The molecule has 0 radical (unpaired) electrons. The smallest absolute Gasteiger partial charge is 0.407 e. The van der Waals surface area contributed by atoms with Gasteiger partial charge in [-0.3, -0.25) is 4.79 Å². The third-order valence-corrected chi connectivity index (χ3v) is 3.97. The zero-order chi connectivity index (χ0) is 18.6. The first kappa shape index (κ1) is 19.1. The maximum atomic E-state index is 13.3. The van der Waals surface area contributed by atoms with Crippen LogP contribution in [0, 0.1) is 11.6 Å². The average Bonchev–Trinajstić information content (AvgIpc) is 2.50. The Bertz CT molecular complexity index is 644. The fourth-order valence-corrected chi connectivity index (χ4v) is 2.82. The highest BCUT2D eigenvalue weighted by Crippen LogP contribution is 2.20. The van der Waals surface area contributed by atoms with E-state index in [-0.39, 0.29) is 17.6 Å². The summed E-state index contributed by atoms with van der Waals surface area (Å²) < 4.78 is 31.5. The number of benzene rings is 1. The number of nitrogens with one attached hydrogen (secondary N) is 2. The van der Waals surface area contributed by atoms with E-state index in [0.29, 0.717) is 12.8 Å². The number of alkyl carbamates (subject to hydrolysis) is 1. The van der Waals surface area contributed by atoms with Crippen molar-refractivity contribution in [2.75, 3.05) is 0 Å². The molecule has 1 saturated carbocycles. The van der Waals surface area contributed by atoms with Crippen molar-refractivity contribution < 1.29 is 23.1 Å². The van der Waals surface area contributed by atoms with Gasteiger partial charge in [0.1, 0.15) is 5.60 Å². The molecule has 138 valence electrons. The standard InChI is InChI=1S/C18H24F2N2O3/c1-18(2,3)25-17(24)22-15-7-5-4-6-14(15)21-16(23)11-8-9-12(19)13(20)10-11/h8-10,14-15H,4-7H2,1-3H3,(H,21,23)(H,22,24). The molecular formula is C18H24F2N2O3. The highest BCUT2D eigenvalue weighted by Gasteiger charge is 2.29. The fraction of sp³-hybridized carbons (Fsp3) is 0.556. The lowest BCUT2D eigenvalue weighted by Gasteiger charge is -2.33. The van der Waals surface area contributed by atoms with E-state index < -0.39 is 29.2 Å². The van der Waals surface area contributed by atoms with E-state index in [4.69, 9.17) is 4.74 Å². The number of halogens is 2. The van der Waals surface area contributed by atoms with Gasteiger partial charge in [0.15, 0.2) is 11.6 Å². The molecule has 1 aromatic rings. The summed E-state index contributed by atoms with van der Waals surface area (Å²) >= 11 is 0. The van der Waals surface area contributed by atoms with Gasteiger partial charge < -0.3 is 15.4 Å². The number of hydrogen-bond acceptors (Lipinski definition) is 3. The summed E-state index contributed by atoms with van der Waals surface area (Å²) in [5.74, 6) is -2.57. The third-order valence-electron chi connectivity index (χ3n) is 3.97. The predicted octanol–water partition coefficient (Wildman–Crippen LogP) is 3.53. The number of ether oxygens (including phenoxy) is 1. The van der Waals surface area contributed by atoms with Crippen LogP contribution in [-0.2, 0) is 4.74 Å². The normalized spacial score (nSPS) is 20.7. The fourth-order valence-electron chi connectivity index (χ4n) is 2.82. The molecule has 0 spiro atoms. The topological polar surface area (TPSA) is 67.4 Å². The van der Waals surface area contributed by atoms with Crippen molar-refractivity contribution in [1.29, 1.82) is 0 Å². The summed E-state index contributed by atoms with van der Waals surface area (Å²) in [4.78, 5) is 24.3. The van der Waals surface area contributed by atoms with Gasteiger partial charge in [-0.15, -0.1) is 0 Å². The van der Waals surface area contributed by atoms with Crippen LogP contribution in [0.15, 0.2) is 18.2 Å². The molecule has 1 aliphatic carbocycles. The van der Waals surface area contributed by atoms with Crippen LogP contribution in [0.5, 0.6) is 0 Å². The minimum atomic E-state index is -1.07. The molecule has 25 heavy (non-hydrogen) atoms. The zero-order valence-electron chi connectivity index (χ0n) is 14.7. The Morgan fingerprint density at radius 3 is 2.20 bits per heavy atom. The number of hydrogen-bond donors (Lipinski definition) is 2. The summed E-state index contributed by atoms with van der Waals surface area (Å²) in [7, 11) is 0. The van der Waals surface area contributed by atoms with E-state index in [0.717, 1.165) is 25.0 Å².